The number of hydrogen-bond acceptors (Lipinski definition) is 3. The van der Waals surface area contributed by atoms with Gasteiger partial charge >= 0.3 is 0 Å². The summed E-state index contributed by atoms with van der Waals surface area (Å²) in [4.78, 5) is 11.8. The van der Waals surface area contributed by atoms with E-state index in [1.807, 2.05) is 6.07 Å². The molecule has 0 aliphatic carbocycles. The van der Waals surface area contributed by atoms with Crippen molar-refractivity contribution >= 4 is 34.8 Å². The van der Waals surface area contributed by atoms with Crippen molar-refractivity contribution < 1.29 is 14.3 Å². The number of anilines is 1. The number of hydrogen-bond donors (Lipinski definition) is 1. The number of halogens is 2. The number of benzene rings is 2. The van der Waals surface area contributed by atoms with Crippen LogP contribution in [0.25, 0.3) is 0 Å². The van der Waals surface area contributed by atoms with Crippen LogP contribution in [-0.2, 0) is 4.79 Å². The van der Waals surface area contributed by atoms with Crippen molar-refractivity contribution in [1.82, 2.24) is 0 Å². The summed E-state index contributed by atoms with van der Waals surface area (Å²) in [6.07, 6.45) is 0. The Morgan fingerprint density at radius 2 is 1.81 bits per heavy atom. The summed E-state index contributed by atoms with van der Waals surface area (Å²) in [5, 5.41) is 3.48. The molecule has 0 unspecified atom stereocenters. The van der Waals surface area contributed by atoms with Crippen LogP contribution in [0.5, 0.6) is 11.5 Å². The quantitative estimate of drug-likeness (QED) is 0.903. The molecule has 0 atom stereocenters. The van der Waals surface area contributed by atoms with Gasteiger partial charge in [0.2, 0.25) is 0 Å². The minimum atomic E-state index is -0.306. The van der Waals surface area contributed by atoms with Gasteiger partial charge in [0.25, 0.3) is 5.91 Å². The fourth-order valence-electron chi connectivity index (χ4n) is 1.65. The second kappa shape index (κ2) is 7.20. The summed E-state index contributed by atoms with van der Waals surface area (Å²) in [5.41, 5.74) is 0.554. The van der Waals surface area contributed by atoms with Crippen LogP contribution in [0.15, 0.2) is 42.5 Å². The second-order valence-corrected chi connectivity index (χ2v) is 4.93. The van der Waals surface area contributed by atoms with Crippen LogP contribution in [0.1, 0.15) is 0 Å². The number of carbonyl (C=O) groups is 1. The summed E-state index contributed by atoms with van der Waals surface area (Å²) < 4.78 is 10.6. The van der Waals surface area contributed by atoms with Crippen LogP contribution in [0.4, 0.5) is 5.69 Å². The minimum Gasteiger partial charge on any atom is -0.493 e. The van der Waals surface area contributed by atoms with Gasteiger partial charge in [0.1, 0.15) is 0 Å². The molecule has 0 heterocycles. The van der Waals surface area contributed by atoms with Gasteiger partial charge < -0.3 is 14.8 Å². The Bertz CT molecular complexity index is 647. The third kappa shape index (κ3) is 4.28. The van der Waals surface area contributed by atoms with Gasteiger partial charge in [-0.3, -0.25) is 4.79 Å². The molecule has 2 aromatic rings. The molecule has 0 saturated carbocycles. The number of carbonyl (C=O) groups excluding carboxylic acids is 1. The highest BCUT2D eigenvalue weighted by molar-refractivity contribution is 6.42. The molecule has 4 nitrogen and oxygen atoms in total. The average molecular weight is 326 g/mol. The van der Waals surface area contributed by atoms with E-state index in [1.165, 1.54) is 7.11 Å². The third-order valence-corrected chi connectivity index (χ3v) is 3.37. The summed E-state index contributed by atoms with van der Waals surface area (Å²) in [7, 11) is 1.54. The molecule has 0 spiro atoms. The minimum absolute atomic E-state index is 0.138. The Kier molecular flexibility index (Phi) is 5.31. The van der Waals surface area contributed by atoms with E-state index in [2.05, 4.69) is 5.32 Å². The second-order valence-electron chi connectivity index (χ2n) is 4.12. The molecule has 21 heavy (non-hydrogen) atoms. The predicted molar refractivity (Wildman–Crippen MR) is 83.6 cm³/mol. The van der Waals surface area contributed by atoms with Crippen molar-refractivity contribution in [2.75, 3.05) is 19.0 Å². The van der Waals surface area contributed by atoms with Crippen molar-refractivity contribution in [2.45, 2.75) is 0 Å². The number of rotatable bonds is 5. The maximum atomic E-state index is 11.8. The molecule has 0 aliphatic heterocycles. The first-order valence-electron chi connectivity index (χ1n) is 6.11. The van der Waals surface area contributed by atoms with E-state index in [0.717, 1.165) is 0 Å². The Balaban J connectivity index is 1.94. The molecule has 1 amide bonds. The van der Waals surface area contributed by atoms with E-state index in [4.69, 9.17) is 32.7 Å². The summed E-state index contributed by atoms with van der Waals surface area (Å²) in [6, 6.07) is 12.0. The SMILES string of the molecule is COc1ccccc1OCC(=O)Nc1ccc(Cl)c(Cl)c1. The third-order valence-electron chi connectivity index (χ3n) is 2.63. The Hall–Kier alpha value is -1.91. The van der Waals surface area contributed by atoms with Gasteiger partial charge in [0, 0.05) is 5.69 Å². The number of para-hydroxylation sites is 2. The molecule has 0 bridgehead atoms. The largest absolute Gasteiger partial charge is 0.493 e. The number of ether oxygens (including phenoxy) is 2. The normalized spacial score (nSPS) is 10.0. The van der Waals surface area contributed by atoms with Crippen LogP contribution in [0.3, 0.4) is 0 Å². The summed E-state index contributed by atoms with van der Waals surface area (Å²) >= 11 is 11.7. The molecule has 1 N–H and O–H groups in total. The topological polar surface area (TPSA) is 47.6 Å². The lowest BCUT2D eigenvalue weighted by Crippen LogP contribution is -2.20. The van der Waals surface area contributed by atoms with Gasteiger partial charge in [-0.2, -0.15) is 0 Å². The van der Waals surface area contributed by atoms with Crippen molar-refractivity contribution in [3.05, 3.63) is 52.5 Å². The highest BCUT2D eigenvalue weighted by Crippen LogP contribution is 2.26. The fourth-order valence-corrected chi connectivity index (χ4v) is 1.95. The Labute approximate surface area is 132 Å². The molecule has 2 aromatic carbocycles. The van der Waals surface area contributed by atoms with E-state index in [1.54, 1.807) is 36.4 Å². The zero-order valence-corrected chi connectivity index (χ0v) is 12.7. The van der Waals surface area contributed by atoms with Crippen LogP contribution in [0, 0.1) is 0 Å². The van der Waals surface area contributed by atoms with Gasteiger partial charge in [-0.1, -0.05) is 35.3 Å². The van der Waals surface area contributed by atoms with Crippen LogP contribution in [0.2, 0.25) is 10.0 Å². The van der Waals surface area contributed by atoms with E-state index < -0.39 is 0 Å². The van der Waals surface area contributed by atoms with Gasteiger partial charge in [-0.25, -0.2) is 0 Å². The van der Waals surface area contributed by atoms with E-state index in [9.17, 15) is 4.79 Å². The van der Waals surface area contributed by atoms with Crippen LogP contribution in [-0.4, -0.2) is 19.6 Å². The van der Waals surface area contributed by atoms with Crippen molar-refractivity contribution in [2.24, 2.45) is 0 Å². The first-order chi connectivity index (χ1) is 10.1. The van der Waals surface area contributed by atoms with Gasteiger partial charge in [0.05, 0.1) is 17.2 Å². The van der Waals surface area contributed by atoms with E-state index in [-0.39, 0.29) is 12.5 Å². The van der Waals surface area contributed by atoms with Crippen molar-refractivity contribution in [3.63, 3.8) is 0 Å². The molecule has 0 saturated heterocycles. The number of nitrogens with one attached hydrogen (secondary N) is 1. The lowest BCUT2D eigenvalue weighted by molar-refractivity contribution is -0.118. The fraction of sp³-hybridized carbons (Fsp3) is 0.133. The summed E-state index contributed by atoms with van der Waals surface area (Å²) in [5.74, 6) is 0.767. The molecule has 6 heteroatoms. The van der Waals surface area contributed by atoms with Crippen LogP contribution >= 0.6 is 23.2 Å². The number of methoxy groups -OCH3 is 1. The Morgan fingerprint density at radius 1 is 1.10 bits per heavy atom. The average Bonchev–Trinajstić information content (AvgIpc) is 2.49. The molecule has 0 fully saturated rings. The molecular weight excluding hydrogens is 313 g/mol. The lowest BCUT2D eigenvalue weighted by Gasteiger charge is -2.10. The zero-order chi connectivity index (χ0) is 15.2. The van der Waals surface area contributed by atoms with E-state index in [0.29, 0.717) is 27.2 Å². The standard InChI is InChI=1S/C15H13Cl2NO3/c1-20-13-4-2-3-5-14(13)21-9-15(19)18-10-6-7-11(16)12(17)8-10/h2-8H,9H2,1H3,(H,18,19). The molecule has 0 aromatic heterocycles. The monoisotopic (exact) mass is 325 g/mol. The highest BCUT2D eigenvalue weighted by Gasteiger charge is 2.08. The smallest absolute Gasteiger partial charge is 0.262 e. The predicted octanol–water partition coefficient (Wildman–Crippen LogP) is 4.02. The first-order valence-corrected chi connectivity index (χ1v) is 6.86. The van der Waals surface area contributed by atoms with Crippen LogP contribution < -0.4 is 14.8 Å². The van der Waals surface area contributed by atoms with Gasteiger partial charge in [-0.05, 0) is 30.3 Å². The van der Waals surface area contributed by atoms with Crippen molar-refractivity contribution in [3.8, 4) is 11.5 Å². The maximum absolute atomic E-state index is 11.8. The lowest BCUT2D eigenvalue weighted by atomic mass is 10.3. The van der Waals surface area contributed by atoms with Gasteiger partial charge in [0.15, 0.2) is 18.1 Å². The molecule has 0 radical (unpaired) electrons. The highest BCUT2D eigenvalue weighted by atomic mass is 35.5. The molecule has 110 valence electrons. The molecule has 2 rings (SSSR count). The van der Waals surface area contributed by atoms with Gasteiger partial charge in [-0.15, -0.1) is 0 Å². The maximum Gasteiger partial charge on any atom is 0.262 e. The number of amides is 1. The van der Waals surface area contributed by atoms with E-state index >= 15 is 0 Å². The van der Waals surface area contributed by atoms with Crippen molar-refractivity contribution in [1.29, 1.82) is 0 Å². The Morgan fingerprint density at radius 3 is 2.48 bits per heavy atom. The molecule has 0 aliphatic rings. The first kappa shape index (κ1) is 15.5. The zero-order valence-electron chi connectivity index (χ0n) is 11.2. The summed E-state index contributed by atoms with van der Waals surface area (Å²) in [6.45, 7) is -0.138. The molecular formula is C15H13Cl2NO3.